The van der Waals surface area contributed by atoms with Crippen LogP contribution >= 0.6 is 0 Å². The van der Waals surface area contributed by atoms with Crippen LogP contribution in [0.5, 0.6) is 5.75 Å². The summed E-state index contributed by atoms with van der Waals surface area (Å²) in [5.74, 6) is 2.35. The molecule has 8 heteroatoms. The van der Waals surface area contributed by atoms with Crippen molar-refractivity contribution in [3.05, 3.63) is 41.7 Å². The van der Waals surface area contributed by atoms with Crippen LogP contribution in [-0.2, 0) is 16.0 Å². The van der Waals surface area contributed by atoms with Crippen molar-refractivity contribution in [2.75, 3.05) is 0 Å². The standard InChI is InChI=1S/C25H33N3O5/c1-14-4-10-20-16(3)24(33-25-22(20)19(14)11-5-15(2)31-25)32-18-8-6-17(7-9-18)12-28-13-21(23(29)30)26-27-28/h6-9,13-16,19-20,22,24-25H,4-5,10-12H2,1-3H3,(H,29,30)/t14-,15?,16-,19+,20+,22?,24+,25+/m1/s1. The minimum absolute atomic E-state index is 0.0638. The summed E-state index contributed by atoms with van der Waals surface area (Å²) >= 11 is 0. The van der Waals surface area contributed by atoms with E-state index in [4.69, 9.17) is 19.3 Å². The quantitative estimate of drug-likeness (QED) is 0.722. The fourth-order valence-corrected chi connectivity index (χ4v) is 6.05. The molecule has 8 nitrogen and oxygen atoms in total. The molecule has 33 heavy (non-hydrogen) atoms. The molecule has 1 aromatic heterocycles. The molecule has 1 aliphatic carbocycles. The number of aromatic carboxylic acids is 1. The molecule has 1 aromatic carbocycles. The Kier molecular flexibility index (Phi) is 6.14. The van der Waals surface area contributed by atoms with Crippen LogP contribution in [0.4, 0.5) is 0 Å². The Hall–Kier alpha value is -2.45. The second kappa shape index (κ2) is 9.06. The van der Waals surface area contributed by atoms with E-state index in [0.717, 1.165) is 23.7 Å². The van der Waals surface area contributed by atoms with Crippen LogP contribution in [-0.4, -0.2) is 44.8 Å². The molecule has 3 heterocycles. The van der Waals surface area contributed by atoms with E-state index in [1.807, 2.05) is 24.3 Å². The normalized spacial score (nSPS) is 36.0. The van der Waals surface area contributed by atoms with Gasteiger partial charge >= 0.3 is 5.97 Å². The first-order valence-corrected chi connectivity index (χ1v) is 12.1. The molecule has 1 saturated carbocycles. The van der Waals surface area contributed by atoms with E-state index >= 15 is 0 Å². The fourth-order valence-electron chi connectivity index (χ4n) is 6.05. The van der Waals surface area contributed by atoms with Gasteiger partial charge in [0, 0.05) is 11.8 Å². The summed E-state index contributed by atoms with van der Waals surface area (Å²) in [6, 6.07) is 7.76. The number of carboxylic acids is 1. The maximum Gasteiger partial charge on any atom is 0.358 e. The molecule has 1 N–H and O–H groups in total. The Morgan fingerprint density at radius 1 is 1.09 bits per heavy atom. The van der Waals surface area contributed by atoms with E-state index in [-0.39, 0.29) is 24.4 Å². The van der Waals surface area contributed by atoms with Gasteiger partial charge in [-0.25, -0.2) is 9.48 Å². The van der Waals surface area contributed by atoms with Crippen LogP contribution in [0.2, 0.25) is 0 Å². The number of hydrogen-bond donors (Lipinski definition) is 1. The van der Waals surface area contributed by atoms with Crippen LogP contribution in [0, 0.1) is 29.6 Å². The van der Waals surface area contributed by atoms with Crippen LogP contribution in [0.25, 0.3) is 0 Å². The highest BCUT2D eigenvalue weighted by Crippen LogP contribution is 2.52. The summed E-state index contributed by atoms with van der Waals surface area (Å²) in [6.45, 7) is 7.24. The number of benzene rings is 1. The predicted molar refractivity (Wildman–Crippen MR) is 120 cm³/mol. The highest BCUT2D eigenvalue weighted by Gasteiger charge is 2.52. The number of ether oxygens (including phenoxy) is 3. The van der Waals surface area contributed by atoms with Gasteiger partial charge in [-0.1, -0.05) is 37.6 Å². The lowest BCUT2D eigenvalue weighted by molar-refractivity contribution is -0.315. The third-order valence-corrected chi connectivity index (χ3v) is 7.91. The van der Waals surface area contributed by atoms with Gasteiger partial charge in [0.15, 0.2) is 12.0 Å². The summed E-state index contributed by atoms with van der Waals surface area (Å²) in [5.41, 5.74) is 0.915. The molecule has 5 rings (SSSR count). The van der Waals surface area contributed by atoms with Gasteiger partial charge in [0.1, 0.15) is 5.75 Å². The summed E-state index contributed by atoms with van der Waals surface area (Å²) < 4.78 is 20.7. The molecule has 2 aromatic rings. The first-order chi connectivity index (χ1) is 15.9. The second-order valence-corrected chi connectivity index (χ2v) is 10.1. The Labute approximate surface area is 194 Å². The molecule has 0 amide bonds. The molecule has 3 aliphatic rings. The molecule has 3 fully saturated rings. The number of hydrogen-bond acceptors (Lipinski definition) is 6. The van der Waals surface area contributed by atoms with Crippen LogP contribution in [0.15, 0.2) is 30.5 Å². The number of carbonyl (C=O) groups is 1. The minimum atomic E-state index is -1.08. The fraction of sp³-hybridized carbons (Fsp3) is 0.640. The van der Waals surface area contributed by atoms with Crippen LogP contribution in [0.1, 0.15) is 62.5 Å². The Balaban J connectivity index is 1.27. The number of carboxylic acid groups (broad SMARTS) is 1. The van der Waals surface area contributed by atoms with Gasteiger partial charge in [0.05, 0.1) is 18.8 Å². The zero-order valence-corrected chi connectivity index (χ0v) is 19.5. The van der Waals surface area contributed by atoms with E-state index in [1.165, 1.54) is 30.1 Å². The molecule has 2 aliphatic heterocycles. The lowest BCUT2D eigenvalue weighted by atomic mass is 9.61. The highest BCUT2D eigenvalue weighted by atomic mass is 16.8. The zero-order valence-electron chi connectivity index (χ0n) is 19.5. The average Bonchev–Trinajstić information content (AvgIpc) is 3.19. The Morgan fingerprint density at radius 2 is 1.85 bits per heavy atom. The third-order valence-electron chi connectivity index (χ3n) is 7.91. The van der Waals surface area contributed by atoms with E-state index in [1.54, 1.807) is 0 Å². The van der Waals surface area contributed by atoms with Gasteiger partial charge in [0.25, 0.3) is 0 Å². The van der Waals surface area contributed by atoms with Crippen molar-refractivity contribution >= 4 is 5.97 Å². The monoisotopic (exact) mass is 455 g/mol. The van der Waals surface area contributed by atoms with Gasteiger partial charge in [-0.3, -0.25) is 0 Å². The topological polar surface area (TPSA) is 95.7 Å². The zero-order chi connectivity index (χ0) is 23.1. The molecule has 2 unspecified atom stereocenters. The largest absolute Gasteiger partial charge is 0.476 e. The third kappa shape index (κ3) is 4.51. The minimum Gasteiger partial charge on any atom is -0.476 e. The molecular weight excluding hydrogens is 422 g/mol. The average molecular weight is 456 g/mol. The van der Waals surface area contributed by atoms with Crippen molar-refractivity contribution in [1.29, 1.82) is 0 Å². The lowest BCUT2D eigenvalue weighted by Gasteiger charge is -2.51. The van der Waals surface area contributed by atoms with Gasteiger partial charge in [-0.15, -0.1) is 5.10 Å². The van der Waals surface area contributed by atoms with Crippen molar-refractivity contribution in [2.24, 2.45) is 29.6 Å². The molecule has 2 saturated heterocycles. The van der Waals surface area contributed by atoms with E-state index < -0.39 is 5.97 Å². The molecule has 0 radical (unpaired) electrons. The molecular formula is C25H33N3O5. The number of aromatic nitrogens is 3. The lowest BCUT2D eigenvalue weighted by Crippen LogP contribution is -2.54. The van der Waals surface area contributed by atoms with Gasteiger partial charge < -0.3 is 19.3 Å². The molecule has 178 valence electrons. The van der Waals surface area contributed by atoms with E-state index in [9.17, 15) is 4.79 Å². The summed E-state index contributed by atoms with van der Waals surface area (Å²) in [7, 11) is 0. The van der Waals surface area contributed by atoms with Crippen molar-refractivity contribution in [1.82, 2.24) is 15.0 Å². The predicted octanol–water partition coefficient (Wildman–Crippen LogP) is 4.20. The maximum absolute atomic E-state index is 11.0. The summed E-state index contributed by atoms with van der Waals surface area (Å²) in [5, 5.41) is 16.5. The summed E-state index contributed by atoms with van der Waals surface area (Å²) in [4.78, 5) is 11.0. The van der Waals surface area contributed by atoms with Gasteiger partial charge in [-0.05, 0) is 61.6 Å². The Bertz CT molecular complexity index is 977. The first-order valence-electron chi connectivity index (χ1n) is 12.1. The first kappa shape index (κ1) is 22.3. The van der Waals surface area contributed by atoms with Crippen molar-refractivity contribution in [2.45, 2.75) is 71.7 Å². The van der Waals surface area contributed by atoms with Crippen molar-refractivity contribution in [3.8, 4) is 5.75 Å². The number of rotatable bonds is 5. The maximum atomic E-state index is 11.0. The molecule has 0 spiro atoms. The molecule has 0 bridgehead atoms. The number of nitrogens with zero attached hydrogens (tertiary/aromatic N) is 3. The van der Waals surface area contributed by atoms with Crippen LogP contribution < -0.4 is 4.74 Å². The SMILES string of the molecule is CC1CC[C@@H]2C3[C@@H](O1)O[C@H](Oc1ccc(Cn4cc(C(=O)O)nn4)cc1)[C@H](C)[C@@H]3CC[C@H]2C. The van der Waals surface area contributed by atoms with Gasteiger partial charge in [0.2, 0.25) is 6.29 Å². The van der Waals surface area contributed by atoms with Gasteiger partial charge in [-0.2, -0.15) is 0 Å². The van der Waals surface area contributed by atoms with Crippen LogP contribution in [0.3, 0.4) is 0 Å². The van der Waals surface area contributed by atoms with Crippen molar-refractivity contribution < 1.29 is 24.1 Å². The second-order valence-electron chi connectivity index (χ2n) is 10.1. The van der Waals surface area contributed by atoms with Crippen molar-refractivity contribution in [3.63, 3.8) is 0 Å². The smallest absolute Gasteiger partial charge is 0.358 e. The highest BCUT2D eigenvalue weighted by molar-refractivity contribution is 5.84. The van der Waals surface area contributed by atoms with E-state index in [2.05, 4.69) is 31.1 Å². The Morgan fingerprint density at radius 3 is 2.58 bits per heavy atom. The molecule has 8 atom stereocenters. The van der Waals surface area contributed by atoms with E-state index in [0.29, 0.717) is 30.2 Å². The summed E-state index contributed by atoms with van der Waals surface area (Å²) in [6.07, 6.45) is 5.89.